The van der Waals surface area contributed by atoms with Gasteiger partial charge >= 0.3 is 0 Å². The Kier molecular flexibility index (Phi) is 4.15. The Labute approximate surface area is 102 Å². The minimum absolute atomic E-state index is 0.228. The Bertz CT molecular complexity index is 356. The number of ether oxygens (including phenoxy) is 1. The fourth-order valence-corrected chi connectivity index (χ4v) is 2.22. The molecule has 1 aliphatic rings. The minimum atomic E-state index is 0.228. The van der Waals surface area contributed by atoms with E-state index < -0.39 is 0 Å². The highest BCUT2D eigenvalue weighted by molar-refractivity contribution is 5.78. The molecule has 1 amide bonds. The molecule has 3 heteroatoms. The number of hydrogen-bond donors (Lipinski definition) is 0. The summed E-state index contributed by atoms with van der Waals surface area (Å²) in [6.45, 7) is 1.65. The van der Waals surface area contributed by atoms with Crippen LogP contribution in [-0.2, 0) is 16.0 Å². The first-order valence-electron chi connectivity index (χ1n) is 6.14. The molecule has 0 bridgehead atoms. The third-order valence-electron chi connectivity index (χ3n) is 3.33. The Balaban J connectivity index is 1.85. The number of hydrogen-bond acceptors (Lipinski definition) is 2. The molecule has 1 fully saturated rings. The van der Waals surface area contributed by atoms with Crippen LogP contribution in [0.3, 0.4) is 0 Å². The fourth-order valence-electron chi connectivity index (χ4n) is 2.22. The number of amides is 1. The van der Waals surface area contributed by atoms with Crippen LogP contribution in [0, 0.1) is 0 Å². The summed E-state index contributed by atoms with van der Waals surface area (Å²) < 4.78 is 5.30. The number of rotatable bonds is 3. The van der Waals surface area contributed by atoms with Gasteiger partial charge in [0.15, 0.2) is 0 Å². The van der Waals surface area contributed by atoms with Crippen LogP contribution in [0.5, 0.6) is 0 Å². The number of methoxy groups -OCH3 is 1. The minimum Gasteiger partial charge on any atom is -0.381 e. The zero-order valence-electron chi connectivity index (χ0n) is 10.3. The molecule has 0 saturated carbocycles. The maximum atomic E-state index is 12.0. The number of carbonyl (C=O) groups excluding carboxylic acids is 1. The molecule has 0 atom stereocenters. The van der Waals surface area contributed by atoms with E-state index in [-0.39, 0.29) is 5.91 Å². The first-order valence-corrected chi connectivity index (χ1v) is 6.14. The Morgan fingerprint density at radius 1 is 1.29 bits per heavy atom. The summed E-state index contributed by atoms with van der Waals surface area (Å²) in [5.74, 6) is 0.228. The largest absolute Gasteiger partial charge is 0.381 e. The molecule has 0 aromatic heterocycles. The normalized spacial score (nSPS) is 17.1. The second-order valence-electron chi connectivity index (χ2n) is 4.48. The van der Waals surface area contributed by atoms with Crippen molar-refractivity contribution >= 4 is 5.91 Å². The van der Waals surface area contributed by atoms with Crippen LogP contribution in [-0.4, -0.2) is 37.1 Å². The maximum Gasteiger partial charge on any atom is 0.226 e. The molecule has 0 spiro atoms. The Morgan fingerprint density at radius 2 is 1.94 bits per heavy atom. The summed E-state index contributed by atoms with van der Waals surface area (Å²) in [5, 5.41) is 0. The first kappa shape index (κ1) is 12.1. The molecule has 1 aliphatic heterocycles. The second-order valence-corrected chi connectivity index (χ2v) is 4.48. The lowest BCUT2D eigenvalue weighted by molar-refractivity contribution is -0.132. The van der Waals surface area contributed by atoms with Gasteiger partial charge in [0.1, 0.15) is 0 Å². The van der Waals surface area contributed by atoms with Crippen molar-refractivity contribution in [2.24, 2.45) is 0 Å². The van der Waals surface area contributed by atoms with Gasteiger partial charge in [-0.1, -0.05) is 30.3 Å². The van der Waals surface area contributed by atoms with Gasteiger partial charge in [0, 0.05) is 20.2 Å². The number of carbonyl (C=O) groups is 1. The monoisotopic (exact) mass is 233 g/mol. The molecule has 17 heavy (non-hydrogen) atoms. The number of benzene rings is 1. The topological polar surface area (TPSA) is 29.5 Å². The van der Waals surface area contributed by atoms with Gasteiger partial charge in [-0.05, 0) is 18.4 Å². The van der Waals surface area contributed by atoms with E-state index in [1.165, 1.54) is 0 Å². The van der Waals surface area contributed by atoms with Crippen LogP contribution in [0.25, 0.3) is 0 Å². The lowest BCUT2D eigenvalue weighted by Crippen LogP contribution is -2.41. The predicted octanol–water partition coefficient (Wildman–Crippen LogP) is 1.87. The molecule has 0 radical (unpaired) electrons. The molecule has 1 aromatic carbocycles. The van der Waals surface area contributed by atoms with Crippen LogP contribution in [0.4, 0.5) is 0 Å². The summed E-state index contributed by atoms with van der Waals surface area (Å²) >= 11 is 0. The van der Waals surface area contributed by atoms with Gasteiger partial charge in [0.25, 0.3) is 0 Å². The molecule has 1 saturated heterocycles. The fraction of sp³-hybridized carbons (Fsp3) is 0.500. The first-order chi connectivity index (χ1) is 8.29. The zero-order chi connectivity index (χ0) is 12.1. The molecular formula is C14H19NO2. The van der Waals surface area contributed by atoms with Crippen molar-refractivity contribution in [1.82, 2.24) is 4.90 Å². The molecule has 3 nitrogen and oxygen atoms in total. The van der Waals surface area contributed by atoms with Gasteiger partial charge in [0.2, 0.25) is 5.91 Å². The van der Waals surface area contributed by atoms with Gasteiger partial charge in [0.05, 0.1) is 12.5 Å². The lowest BCUT2D eigenvalue weighted by atomic mass is 10.1. The standard InChI is InChI=1S/C14H19NO2/c1-17-13-7-9-15(10-8-13)14(16)11-12-5-3-2-4-6-12/h2-6,13H,7-11H2,1H3. The van der Waals surface area contributed by atoms with E-state index >= 15 is 0 Å². The number of nitrogens with zero attached hydrogens (tertiary/aromatic N) is 1. The van der Waals surface area contributed by atoms with E-state index in [1.807, 2.05) is 35.2 Å². The number of likely N-dealkylation sites (tertiary alicyclic amines) is 1. The second kappa shape index (κ2) is 5.82. The zero-order valence-corrected chi connectivity index (χ0v) is 10.3. The van der Waals surface area contributed by atoms with Crippen molar-refractivity contribution in [3.8, 4) is 0 Å². The molecule has 0 N–H and O–H groups in total. The third-order valence-corrected chi connectivity index (χ3v) is 3.33. The van der Waals surface area contributed by atoms with Crippen molar-refractivity contribution < 1.29 is 9.53 Å². The van der Waals surface area contributed by atoms with Gasteiger partial charge < -0.3 is 9.64 Å². The van der Waals surface area contributed by atoms with E-state index in [9.17, 15) is 4.79 Å². The molecule has 2 rings (SSSR count). The summed E-state index contributed by atoms with van der Waals surface area (Å²) in [4.78, 5) is 14.0. The van der Waals surface area contributed by atoms with Crippen LogP contribution < -0.4 is 0 Å². The molecule has 0 unspecified atom stereocenters. The van der Waals surface area contributed by atoms with Crippen LogP contribution in [0.15, 0.2) is 30.3 Å². The summed E-state index contributed by atoms with van der Waals surface area (Å²) in [5.41, 5.74) is 1.09. The van der Waals surface area contributed by atoms with Crippen LogP contribution in [0.2, 0.25) is 0 Å². The van der Waals surface area contributed by atoms with E-state index in [1.54, 1.807) is 7.11 Å². The van der Waals surface area contributed by atoms with Gasteiger partial charge in [-0.15, -0.1) is 0 Å². The summed E-state index contributed by atoms with van der Waals surface area (Å²) in [7, 11) is 1.74. The summed E-state index contributed by atoms with van der Waals surface area (Å²) in [6.07, 6.45) is 2.75. The third kappa shape index (κ3) is 3.30. The van der Waals surface area contributed by atoms with Crippen LogP contribution >= 0.6 is 0 Å². The van der Waals surface area contributed by atoms with Gasteiger partial charge in [-0.2, -0.15) is 0 Å². The maximum absolute atomic E-state index is 12.0. The van der Waals surface area contributed by atoms with E-state index in [4.69, 9.17) is 4.74 Å². The molecule has 0 aliphatic carbocycles. The van der Waals surface area contributed by atoms with Crippen molar-refractivity contribution in [3.05, 3.63) is 35.9 Å². The van der Waals surface area contributed by atoms with Crippen molar-refractivity contribution in [2.45, 2.75) is 25.4 Å². The van der Waals surface area contributed by atoms with E-state index in [2.05, 4.69) is 0 Å². The molecule has 1 heterocycles. The van der Waals surface area contributed by atoms with Gasteiger partial charge in [-0.25, -0.2) is 0 Å². The van der Waals surface area contributed by atoms with E-state index in [0.29, 0.717) is 12.5 Å². The van der Waals surface area contributed by atoms with Crippen molar-refractivity contribution in [1.29, 1.82) is 0 Å². The molecule has 1 aromatic rings. The van der Waals surface area contributed by atoms with Crippen molar-refractivity contribution in [2.75, 3.05) is 20.2 Å². The molecular weight excluding hydrogens is 214 g/mol. The average molecular weight is 233 g/mol. The number of piperidine rings is 1. The quantitative estimate of drug-likeness (QED) is 0.797. The highest BCUT2D eigenvalue weighted by Crippen LogP contribution is 2.14. The average Bonchev–Trinajstić information content (AvgIpc) is 2.40. The van der Waals surface area contributed by atoms with Crippen LogP contribution in [0.1, 0.15) is 18.4 Å². The lowest BCUT2D eigenvalue weighted by Gasteiger charge is -2.31. The highest BCUT2D eigenvalue weighted by Gasteiger charge is 2.22. The van der Waals surface area contributed by atoms with Gasteiger partial charge in [-0.3, -0.25) is 4.79 Å². The van der Waals surface area contributed by atoms with Crippen molar-refractivity contribution in [3.63, 3.8) is 0 Å². The SMILES string of the molecule is COC1CCN(C(=O)Cc2ccccc2)CC1. The Morgan fingerprint density at radius 3 is 2.53 bits per heavy atom. The smallest absolute Gasteiger partial charge is 0.226 e. The Hall–Kier alpha value is -1.35. The predicted molar refractivity (Wildman–Crippen MR) is 66.8 cm³/mol. The summed E-state index contributed by atoms with van der Waals surface area (Å²) in [6, 6.07) is 9.91. The highest BCUT2D eigenvalue weighted by atomic mass is 16.5. The molecule has 92 valence electrons. The van der Waals surface area contributed by atoms with E-state index in [0.717, 1.165) is 31.5 Å².